The van der Waals surface area contributed by atoms with Crippen LogP contribution in [-0.2, 0) is 0 Å². The Hall–Kier alpha value is -2.34. The monoisotopic (exact) mass is 328 g/mol. The van der Waals surface area contributed by atoms with Gasteiger partial charge in [-0.3, -0.25) is 0 Å². The van der Waals surface area contributed by atoms with Crippen LogP contribution in [0.3, 0.4) is 0 Å². The topological polar surface area (TPSA) is 0 Å². The summed E-state index contributed by atoms with van der Waals surface area (Å²) in [6, 6.07) is 15.7. The minimum atomic E-state index is 0.566. The number of rotatable bonds is 4. The molecule has 1 aliphatic rings. The molecule has 0 spiro atoms. The van der Waals surface area contributed by atoms with Gasteiger partial charge in [0, 0.05) is 0 Å². The molecule has 0 heterocycles. The quantitative estimate of drug-likeness (QED) is 0.553. The lowest BCUT2D eigenvalue weighted by molar-refractivity contribution is 0.674. The second kappa shape index (κ2) is 7.70. The third-order valence-electron chi connectivity index (χ3n) is 5.24. The van der Waals surface area contributed by atoms with Crippen LogP contribution in [0.4, 0.5) is 0 Å². The van der Waals surface area contributed by atoms with Crippen molar-refractivity contribution in [2.45, 2.75) is 40.5 Å². The summed E-state index contributed by atoms with van der Waals surface area (Å²) in [5, 5.41) is 0. The molecule has 0 unspecified atom stereocenters. The third-order valence-corrected chi connectivity index (χ3v) is 5.24. The van der Waals surface area contributed by atoms with Crippen molar-refractivity contribution in [3.8, 4) is 11.1 Å². The first-order valence-corrected chi connectivity index (χ1v) is 9.35. The molecular formula is C25H28. The van der Waals surface area contributed by atoms with E-state index in [0.29, 0.717) is 5.92 Å². The van der Waals surface area contributed by atoms with E-state index in [9.17, 15) is 0 Å². The van der Waals surface area contributed by atoms with E-state index in [-0.39, 0.29) is 0 Å². The summed E-state index contributed by atoms with van der Waals surface area (Å²) in [4.78, 5) is 0. The molecular weight excluding hydrogens is 300 g/mol. The zero-order chi connectivity index (χ0) is 17.8. The fraction of sp³-hybridized carbons (Fsp3) is 0.280. The molecule has 1 atom stereocenters. The van der Waals surface area contributed by atoms with Crippen molar-refractivity contribution in [1.82, 2.24) is 0 Å². The minimum absolute atomic E-state index is 0.566. The van der Waals surface area contributed by atoms with Gasteiger partial charge in [0.2, 0.25) is 0 Å². The fourth-order valence-electron chi connectivity index (χ4n) is 3.40. The second-order valence-corrected chi connectivity index (χ2v) is 7.11. The Morgan fingerprint density at radius 1 is 0.960 bits per heavy atom. The summed E-state index contributed by atoms with van der Waals surface area (Å²) >= 11 is 0. The molecule has 25 heavy (non-hydrogen) atoms. The standard InChI is InChI=1S/C25H28/c1-5-19(3)23-9-7-6-8-10-24(23)25-17-22(16-13-20(25)4)21-14-11-18(2)12-15-21/h6-7,9-17,19H,5,8H2,1-4H3/t19-/m0/s1. The van der Waals surface area contributed by atoms with Crippen molar-refractivity contribution in [3.05, 3.63) is 89.0 Å². The third kappa shape index (κ3) is 3.85. The second-order valence-electron chi connectivity index (χ2n) is 7.11. The molecule has 0 amide bonds. The molecule has 0 bridgehead atoms. The number of benzene rings is 2. The molecule has 0 saturated carbocycles. The van der Waals surface area contributed by atoms with Gasteiger partial charge in [0.15, 0.2) is 0 Å². The first kappa shape index (κ1) is 17.5. The van der Waals surface area contributed by atoms with E-state index in [1.807, 2.05) is 0 Å². The van der Waals surface area contributed by atoms with Gasteiger partial charge < -0.3 is 0 Å². The molecule has 0 aliphatic heterocycles. The van der Waals surface area contributed by atoms with E-state index < -0.39 is 0 Å². The maximum Gasteiger partial charge on any atom is -0.0149 e. The summed E-state index contributed by atoms with van der Waals surface area (Å²) < 4.78 is 0. The average molecular weight is 328 g/mol. The summed E-state index contributed by atoms with van der Waals surface area (Å²) in [5.41, 5.74) is 9.46. The summed E-state index contributed by atoms with van der Waals surface area (Å²) in [7, 11) is 0. The van der Waals surface area contributed by atoms with Gasteiger partial charge in [0.25, 0.3) is 0 Å². The molecule has 128 valence electrons. The van der Waals surface area contributed by atoms with Crippen molar-refractivity contribution in [2.24, 2.45) is 5.92 Å². The molecule has 0 radical (unpaired) electrons. The highest BCUT2D eigenvalue weighted by molar-refractivity contribution is 5.84. The average Bonchev–Trinajstić information content (AvgIpc) is 2.88. The maximum absolute atomic E-state index is 2.39. The van der Waals surface area contributed by atoms with Crippen LogP contribution < -0.4 is 0 Å². The van der Waals surface area contributed by atoms with Gasteiger partial charge in [-0.25, -0.2) is 0 Å². The Morgan fingerprint density at radius 2 is 1.68 bits per heavy atom. The van der Waals surface area contributed by atoms with Crippen molar-refractivity contribution >= 4 is 5.57 Å². The predicted octanol–water partition coefficient (Wildman–Crippen LogP) is 7.29. The zero-order valence-electron chi connectivity index (χ0n) is 15.8. The van der Waals surface area contributed by atoms with E-state index in [1.54, 1.807) is 0 Å². The number of allylic oxidation sites excluding steroid dienone is 6. The predicted molar refractivity (Wildman–Crippen MR) is 111 cm³/mol. The summed E-state index contributed by atoms with van der Waals surface area (Å²) in [5.74, 6) is 0.566. The van der Waals surface area contributed by atoms with E-state index in [0.717, 1.165) is 12.8 Å². The van der Waals surface area contributed by atoms with E-state index in [2.05, 4.69) is 94.5 Å². The van der Waals surface area contributed by atoms with Crippen LogP contribution >= 0.6 is 0 Å². The van der Waals surface area contributed by atoms with Gasteiger partial charge in [-0.2, -0.15) is 0 Å². The molecule has 0 N–H and O–H groups in total. The van der Waals surface area contributed by atoms with Gasteiger partial charge in [-0.15, -0.1) is 0 Å². The molecule has 2 aromatic carbocycles. The van der Waals surface area contributed by atoms with Gasteiger partial charge in [0.05, 0.1) is 0 Å². The molecule has 3 rings (SSSR count). The Balaban J connectivity index is 2.08. The summed E-state index contributed by atoms with van der Waals surface area (Å²) in [6.07, 6.45) is 11.3. The normalized spacial score (nSPS) is 15.4. The van der Waals surface area contributed by atoms with E-state index >= 15 is 0 Å². The highest BCUT2D eigenvalue weighted by Crippen LogP contribution is 2.36. The minimum Gasteiger partial charge on any atom is -0.0807 e. The Morgan fingerprint density at radius 3 is 2.40 bits per heavy atom. The van der Waals surface area contributed by atoms with Crippen LogP contribution in [0.2, 0.25) is 0 Å². The van der Waals surface area contributed by atoms with Crippen molar-refractivity contribution in [2.75, 3.05) is 0 Å². The first-order valence-electron chi connectivity index (χ1n) is 9.35. The molecule has 0 nitrogen and oxygen atoms in total. The molecule has 0 heteroatoms. The first-order chi connectivity index (χ1) is 12.1. The van der Waals surface area contributed by atoms with Crippen LogP contribution in [0, 0.1) is 19.8 Å². The van der Waals surface area contributed by atoms with Crippen LogP contribution in [0.5, 0.6) is 0 Å². The maximum atomic E-state index is 2.39. The van der Waals surface area contributed by atoms with Crippen LogP contribution in [0.15, 0.2) is 72.3 Å². The van der Waals surface area contributed by atoms with Crippen molar-refractivity contribution in [3.63, 3.8) is 0 Å². The molecule has 0 aromatic heterocycles. The lowest BCUT2D eigenvalue weighted by Crippen LogP contribution is -2.02. The SMILES string of the molecule is CC[C@H](C)C1=CC=CCC=C1c1cc(-c2ccc(C)cc2)ccc1C. The fourth-order valence-corrected chi connectivity index (χ4v) is 3.40. The Labute approximate surface area is 152 Å². The Bertz CT molecular complexity index is 829. The van der Waals surface area contributed by atoms with E-state index in [1.165, 1.54) is 39.0 Å². The zero-order valence-corrected chi connectivity index (χ0v) is 15.8. The molecule has 0 fully saturated rings. The van der Waals surface area contributed by atoms with E-state index in [4.69, 9.17) is 0 Å². The number of aryl methyl sites for hydroxylation is 2. The molecule has 1 aliphatic carbocycles. The molecule has 0 saturated heterocycles. The van der Waals surface area contributed by atoms with Gasteiger partial charge in [-0.1, -0.05) is 80.1 Å². The number of hydrogen-bond acceptors (Lipinski definition) is 0. The lowest BCUT2D eigenvalue weighted by atomic mass is 9.84. The highest BCUT2D eigenvalue weighted by atomic mass is 14.2. The van der Waals surface area contributed by atoms with Crippen LogP contribution in [0.1, 0.15) is 43.4 Å². The van der Waals surface area contributed by atoms with Crippen molar-refractivity contribution < 1.29 is 0 Å². The van der Waals surface area contributed by atoms with Gasteiger partial charge in [0.1, 0.15) is 0 Å². The van der Waals surface area contributed by atoms with Gasteiger partial charge >= 0.3 is 0 Å². The largest absolute Gasteiger partial charge is 0.0807 e. The van der Waals surface area contributed by atoms with Gasteiger partial charge in [-0.05, 0) is 72.1 Å². The Kier molecular flexibility index (Phi) is 5.38. The lowest BCUT2D eigenvalue weighted by Gasteiger charge is -2.20. The smallest absolute Gasteiger partial charge is 0.0149 e. The number of hydrogen-bond donors (Lipinski definition) is 0. The highest BCUT2D eigenvalue weighted by Gasteiger charge is 2.16. The molecule has 2 aromatic rings. The summed E-state index contributed by atoms with van der Waals surface area (Å²) in [6.45, 7) is 8.96. The van der Waals surface area contributed by atoms with Crippen molar-refractivity contribution in [1.29, 1.82) is 0 Å². The van der Waals surface area contributed by atoms with Crippen LogP contribution in [0.25, 0.3) is 16.7 Å². The van der Waals surface area contributed by atoms with Crippen LogP contribution in [-0.4, -0.2) is 0 Å².